The van der Waals surface area contributed by atoms with Gasteiger partial charge in [-0.2, -0.15) is 0 Å². The van der Waals surface area contributed by atoms with Crippen molar-refractivity contribution in [3.63, 3.8) is 0 Å². The van der Waals surface area contributed by atoms with E-state index >= 15 is 0 Å². The van der Waals surface area contributed by atoms with Gasteiger partial charge in [0, 0.05) is 29.4 Å². The number of carbonyl (C=O) groups excluding carboxylic acids is 1. The molecular weight excluding hydrogens is 402 g/mol. The lowest BCUT2D eigenvalue weighted by atomic mass is 9.92. The van der Waals surface area contributed by atoms with Gasteiger partial charge in [0.1, 0.15) is 18.1 Å². The Hall–Kier alpha value is -2.92. The molecular formula is C27H33NO4. The quantitative estimate of drug-likeness (QED) is 0.429. The molecule has 0 bridgehead atoms. The predicted molar refractivity (Wildman–Crippen MR) is 126 cm³/mol. The van der Waals surface area contributed by atoms with E-state index in [1.165, 1.54) is 5.56 Å². The van der Waals surface area contributed by atoms with Crippen molar-refractivity contribution in [3.8, 4) is 17.2 Å². The highest BCUT2D eigenvalue weighted by Crippen LogP contribution is 2.31. The zero-order valence-electron chi connectivity index (χ0n) is 19.9. The minimum Gasteiger partial charge on any atom is -0.491 e. The van der Waals surface area contributed by atoms with Gasteiger partial charge >= 0.3 is 0 Å². The smallest absolute Gasteiger partial charge is 0.226 e. The molecule has 0 saturated carbocycles. The van der Waals surface area contributed by atoms with E-state index in [4.69, 9.17) is 19.2 Å². The molecule has 3 rings (SSSR count). The predicted octanol–water partition coefficient (Wildman–Crippen LogP) is 5.82. The molecule has 0 aliphatic heterocycles. The van der Waals surface area contributed by atoms with Crippen molar-refractivity contribution in [1.29, 1.82) is 0 Å². The van der Waals surface area contributed by atoms with Gasteiger partial charge in [0.15, 0.2) is 5.78 Å². The molecule has 1 heterocycles. The molecule has 0 amide bonds. The standard InChI is InChI=1S/C27H33NO4/c1-16(2)26-23(28-27(32-26)22-9-7-17(3)13-18(22)4)15-20(6)25(30)21-8-10-24(19(5)14-21)31-12-11-29/h7-10,13-14,16,20,29H,11-12,15H2,1-6H3. The first kappa shape index (κ1) is 23.7. The summed E-state index contributed by atoms with van der Waals surface area (Å²) in [4.78, 5) is 17.9. The number of Topliss-reactive ketones (excluding diaryl/α,β-unsaturated/α-hetero) is 1. The molecule has 5 nitrogen and oxygen atoms in total. The number of carbonyl (C=O) groups is 1. The maximum absolute atomic E-state index is 13.1. The average molecular weight is 436 g/mol. The number of aliphatic hydroxyl groups excluding tert-OH is 1. The summed E-state index contributed by atoms with van der Waals surface area (Å²) >= 11 is 0. The van der Waals surface area contributed by atoms with E-state index in [0.717, 1.165) is 28.1 Å². The zero-order chi connectivity index (χ0) is 23.4. The second-order valence-corrected chi connectivity index (χ2v) is 8.82. The summed E-state index contributed by atoms with van der Waals surface area (Å²) < 4.78 is 11.7. The first-order chi connectivity index (χ1) is 15.2. The van der Waals surface area contributed by atoms with Crippen molar-refractivity contribution in [2.24, 2.45) is 5.92 Å². The van der Waals surface area contributed by atoms with Gasteiger partial charge in [0.25, 0.3) is 0 Å². The first-order valence-electron chi connectivity index (χ1n) is 11.2. The Morgan fingerprint density at radius 3 is 2.44 bits per heavy atom. The Labute approximate surface area is 190 Å². The van der Waals surface area contributed by atoms with Crippen LogP contribution in [-0.2, 0) is 6.42 Å². The van der Waals surface area contributed by atoms with Crippen molar-refractivity contribution >= 4 is 5.78 Å². The fourth-order valence-corrected chi connectivity index (χ4v) is 3.92. The molecule has 1 N–H and O–H groups in total. The van der Waals surface area contributed by atoms with Crippen molar-refractivity contribution in [1.82, 2.24) is 4.98 Å². The second-order valence-electron chi connectivity index (χ2n) is 8.82. The van der Waals surface area contributed by atoms with Crippen LogP contribution in [0.15, 0.2) is 40.8 Å². The highest BCUT2D eigenvalue weighted by atomic mass is 16.5. The number of oxazole rings is 1. The molecule has 1 unspecified atom stereocenters. The van der Waals surface area contributed by atoms with Crippen molar-refractivity contribution < 1.29 is 19.1 Å². The van der Waals surface area contributed by atoms with Crippen LogP contribution in [0.5, 0.6) is 5.75 Å². The van der Waals surface area contributed by atoms with Crippen molar-refractivity contribution in [2.45, 2.75) is 53.9 Å². The van der Waals surface area contributed by atoms with Gasteiger partial charge in [-0.05, 0) is 56.2 Å². The lowest BCUT2D eigenvalue weighted by molar-refractivity contribution is 0.0928. The summed E-state index contributed by atoms with van der Waals surface area (Å²) in [6.07, 6.45) is 0.516. The van der Waals surface area contributed by atoms with Crippen LogP contribution in [0.2, 0.25) is 0 Å². The van der Waals surface area contributed by atoms with Crippen LogP contribution in [0.25, 0.3) is 11.5 Å². The maximum Gasteiger partial charge on any atom is 0.226 e. The number of ether oxygens (including phenoxy) is 1. The van der Waals surface area contributed by atoms with E-state index in [1.807, 2.05) is 26.0 Å². The second kappa shape index (κ2) is 10.1. The van der Waals surface area contributed by atoms with Gasteiger partial charge in [0.05, 0.1) is 12.3 Å². The van der Waals surface area contributed by atoms with Gasteiger partial charge in [-0.3, -0.25) is 4.79 Å². The van der Waals surface area contributed by atoms with E-state index in [1.54, 1.807) is 12.1 Å². The average Bonchev–Trinajstić information content (AvgIpc) is 3.16. The number of rotatable bonds is 9. The Balaban J connectivity index is 1.83. The highest BCUT2D eigenvalue weighted by molar-refractivity contribution is 5.98. The fourth-order valence-electron chi connectivity index (χ4n) is 3.92. The molecule has 1 aromatic heterocycles. The van der Waals surface area contributed by atoms with E-state index in [2.05, 4.69) is 39.8 Å². The van der Waals surface area contributed by atoms with Crippen molar-refractivity contribution in [2.75, 3.05) is 13.2 Å². The van der Waals surface area contributed by atoms with Gasteiger partial charge in [0.2, 0.25) is 5.89 Å². The Bertz CT molecular complexity index is 1100. The molecule has 0 fully saturated rings. The third-order valence-corrected chi connectivity index (χ3v) is 5.62. The number of aromatic nitrogens is 1. The van der Waals surface area contributed by atoms with Crippen LogP contribution in [-0.4, -0.2) is 29.1 Å². The van der Waals surface area contributed by atoms with Crippen LogP contribution in [0.1, 0.15) is 65.2 Å². The summed E-state index contributed by atoms with van der Waals surface area (Å²) in [6.45, 7) is 12.3. The van der Waals surface area contributed by atoms with Crippen LogP contribution >= 0.6 is 0 Å². The fraction of sp³-hybridized carbons (Fsp3) is 0.407. The SMILES string of the molecule is Cc1ccc(-c2nc(CC(C)C(=O)c3ccc(OCCO)c(C)c3)c(C(C)C)o2)c(C)c1. The van der Waals surface area contributed by atoms with Crippen molar-refractivity contribution in [3.05, 3.63) is 70.1 Å². The molecule has 0 spiro atoms. The molecule has 0 saturated heterocycles. The Morgan fingerprint density at radius 1 is 1.06 bits per heavy atom. The molecule has 2 aromatic carbocycles. The summed E-state index contributed by atoms with van der Waals surface area (Å²) in [5.74, 6) is 2.12. The molecule has 0 radical (unpaired) electrons. The lowest BCUT2D eigenvalue weighted by Crippen LogP contribution is -2.15. The number of hydrogen-bond donors (Lipinski definition) is 1. The van der Waals surface area contributed by atoms with Gasteiger partial charge < -0.3 is 14.3 Å². The van der Waals surface area contributed by atoms with Gasteiger partial charge in [-0.15, -0.1) is 0 Å². The van der Waals surface area contributed by atoms with E-state index in [-0.39, 0.29) is 30.8 Å². The van der Waals surface area contributed by atoms with E-state index < -0.39 is 0 Å². The number of aliphatic hydroxyl groups is 1. The molecule has 0 aliphatic carbocycles. The topological polar surface area (TPSA) is 72.6 Å². The summed E-state index contributed by atoms with van der Waals surface area (Å²) in [5, 5.41) is 8.94. The number of benzene rings is 2. The summed E-state index contributed by atoms with van der Waals surface area (Å²) in [7, 11) is 0. The molecule has 32 heavy (non-hydrogen) atoms. The lowest BCUT2D eigenvalue weighted by Gasteiger charge is -2.13. The number of ketones is 1. The van der Waals surface area contributed by atoms with Crippen LogP contribution in [0.3, 0.4) is 0 Å². The molecule has 1 atom stereocenters. The first-order valence-corrected chi connectivity index (χ1v) is 11.2. The summed E-state index contributed by atoms with van der Waals surface area (Å²) in [6, 6.07) is 11.6. The highest BCUT2D eigenvalue weighted by Gasteiger charge is 2.24. The number of hydrogen-bond acceptors (Lipinski definition) is 5. The molecule has 0 aliphatic rings. The van der Waals surface area contributed by atoms with Crippen LogP contribution in [0.4, 0.5) is 0 Å². The minimum absolute atomic E-state index is 0.0445. The monoisotopic (exact) mass is 435 g/mol. The van der Waals surface area contributed by atoms with Gasteiger partial charge in [-0.25, -0.2) is 4.98 Å². The van der Waals surface area contributed by atoms with Crippen LogP contribution in [0, 0.1) is 26.7 Å². The van der Waals surface area contributed by atoms with E-state index in [9.17, 15) is 4.79 Å². The maximum atomic E-state index is 13.1. The Kier molecular flexibility index (Phi) is 7.52. The molecule has 170 valence electrons. The zero-order valence-corrected chi connectivity index (χ0v) is 19.9. The van der Waals surface area contributed by atoms with Crippen LogP contribution < -0.4 is 4.74 Å². The Morgan fingerprint density at radius 2 is 1.81 bits per heavy atom. The third kappa shape index (κ3) is 5.28. The summed E-state index contributed by atoms with van der Waals surface area (Å²) in [5.41, 5.74) is 5.67. The third-order valence-electron chi connectivity index (χ3n) is 5.62. The number of nitrogens with zero attached hydrogens (tertiary/aromatic N) is 1. The molecule has 3 aromatic rings. The number of aryl methyl sites for hydroxylation is 3. The van der Waals surface area contributed by atoms with Gasteiger partial charge in [-0.1, -0.05) is 38.5 Å². The van der Waals surface area contributed by atoms with E-state index in [0.29, 0.717) is 23.6 Å². The largest absolute Gasteiger partial charge is 0.491 e. The molecule has 5 heteroatoms. The minimum atomic E-state index is -0.242. The normalized spacial score (nSPS) is 12.2.